The van der Waals surface area contributed by atoms with Crippen molar-refractivity contribution in [2.24, 2.45) is 0 Å². The third kappa shape index (κ3) is 5.84. The van der Waals surface area contributed by atoms with Gasteiger partial charge in [0, 0.05) is 0 Å². The fourth-order valence-electron chi connectivity index (χ4n) is 2.49. The summed E-state index contributed by atoms with van der Waals surface area (Å²) in [5, 5.41) is 5.14. The molecule has 1 aromatic heterocycles. The first kappa shape index (κ1) is 22.7. The summed E-state index contributed by atoms with van der Waals surface area (Å²) in [5.74, 6) is 0. The van der Waals surface area contributed by atoms with Gasteiger partial charge in [-0.2, -0.15) is 11.5 Å². The van der Waals surface area contributed by atoms with Crippen LogP contribution in [0.3, 0.4) is 0 Å². The monoisotopic (exact) mass is 380 g/mol. The summed E-state index contributed by atoms with van der Waals surface area (Å²) >= 11 is 0. The zero-order valence-corrected chi connectivity index (χ0v) is 18.0. The fraction of sp³-hybridized carbons (Fsp3) is 0.300. The van der Waals surface area contributed by atoms with Gasteiger partial charge in [-0.1, -0.05) is 69.7 Å². The van der Waals surface area contributed by atoms with Crippen LogP contribution in [0.5, 0.6) is 0 Å². The molecule has 0 aliphatic heterocycles. The Hall–Kier alpha value is -1.34. The minimum absolute atomic E-state index is 0. The van der Waals surface area contributed by atoms with Crippen molar-refractivity contribution in [3.05, 3.63) is 72.2 Å². The number of aromatic nitrogens is 1. The zero-order chi connectivity index (χ0) is 18.4. The average Bonchev–Trinajstić information content (AvgIpc) is 3.00. The molecule has 0 bridgehead atoms. The van der Waals surface area contributed by atoms with Crippen molar-refractivity contribution in [1.82, 2.24) is 3.97 Å². The molecule has 0 spiro atoms. The topological polar surface area (TPSA) is 53.2 Å². The van der Waals surface area contributed by atoms with Crippen LogP contribution < -0.4 is 0 Å². The molecule has 0 radical (unpaired) electrons. The summed E-state index contributed by atoms with van der Waals surface area (Å²) < 4.78 is 26.1. The molecule has 26 heavy (non-hydrogen) atoms. The number of fused-ring (bicyclic) bond motifs is 1. The predicted molar refractivity (Wildman–Crippen MR) is 109 cm³/mol. The Labute approximate surface area is 172 Å². The SMILES string of the molecule is CC(C)[N-]C(C)C.O=S(=O)(c1ccccc1)n1[c-]cc2ccccc21.[Mg+2]. The number of benzene rings is 2. The van der Waals surface area contributed by atoms with Gasteiger partial charge in [0.05, 0.1) is 4.90 Å². The second-order valence-electron chi connectivity index (χ2n) is 6.25. The molecule has 134 valence electrons. The van der Waals surface area contributed by atoms with Crippen molar-refractivity contribution in [1.29, 1.82) is 0 Å². The fourth-order valence-corrected chi connectivity index (χ4v) is 3.81. The van der Waals surface area contributed by atoms with Crippen LogP contribution in [0.4, 0.5) is 0 Å². The smallest absolute Gasteiger partial charge is 0.658 e. The molecule has 0 saturated carbocycles. The third-order valence-corrected chi connectivity index (χ3v) is 5.02. The molecule has 2 aromatic carbocycles. The Bertz CT molecular complexity index is 898. The van der Waals surface area contributed by atoms with Crippen LogP contribution in [-0.4, -0.2) is 47.5 Å². The van der Waals surface area contributed by atoms with Crippen LogP contribution in [-0.2, 0) is 10.0 Å². The van der Waals surface area contributed by atoms with Crippen LogP contribution in [0.15, 0.2) is 65.6 Å². The maximum absolute atomic E-state index is 12.4. The molecule has 3 rings (SSSR count). The van der Waals surface area contributed by atoms with Gasteiger partial charge < -0.3 is 9.29 Å². The van der Waals surface area contributed by atoms with E-state index in [9.17, 15) is 8.42 Å². The third-order valence-electron chi connectivity index (χ3n) is 3.37. The zero-order valence-electron chi connectivity index (χ0n) is 15.8. The number of para-hydroxylation sites is 1. The van der Waals surface area contributed by atoms with E-state index in [1.165, 1.54) is 3.97 Å². The van der Waals surface area contributed by atoms with Gasteiger partial charge in [0.15, 0.2) is 0 Å². The van der Waals surface area contributed by atoms with Crippen molar-refractivity contribution in [3.8, 4) is 0 Å². The van der Waals surface area contributed by atoms with Gasteiger partial charge in [-0.15, -0.1) is 24.2 Å². The first-order valence-corrected chi connectivity index (χ1v) is 9.75. The van der Waals surface area contributed by atoms with E-state index in [1.54, 1.807) is 42.5 Å². The predicted octanol–water partition coefficient (Wildman–Crippen LogP) is 4.47. The molecule has 3 aromatic rings. The van der Waals surface area contributed by atoms with E-state index in [-0.39, 0.29) is 27.9 Å². The molecular weight excluding hydrogens is 357 g/mol. The molecule has 0 aliphatic rings. The summed E-state index contributed by atoms with van der Waals surface area (Å²) in [6, 6.07) is 18.4. The van der Waals surface area contributed by atoms with Crippen LogP contribution >= 0.6 is 0 Å². The van der Waals surface area contributed by atoms with Gasteiger partial charge in [-0.05, 0) is 12.1 Å². The van der Waals surface area contributed by atoms with E-state index >= 15 is 0 Å². The Kier molecular flexibility index (Phi) is 8.83. The molecule has 0 N–H and O–H groups in total. The van der Waals surface area contributed by atoms with Gasteiger partial charge in [-0.3, -0.25) is 0 Å². The minimum atomic E-state index is -3.56. The van der Waals surface area contributed by atoms with Crippen molar-refractivity contribution in [3.63, 3.8) is 0 Å². The molecule has 0 aliphatic carbocycles. The summed E-state index contributed by atoms with van der Waals surface area (Å²) in [4.78, 5) is 0.266. The van der Waals surface area contributed by atoms with Crippen molar-refractivity contribution in [2.45, 2.75) is 44.7 Å². The number of hydrogen-bond donors (Lipinski definition) is 0. The molecule has 0 saturated heterocycles. The summed E-state index contributed by atoms with van der Waals surface area (Å²) in [6.07, 6.45) is 2.78. The summed E-state index contributed by atoms with van der Waals surface area (Å²) in [6.45, 7) is 8.39. The minimum Gasteiger partial charge on any atom is -0.658 e. The van der Waals surface area contributed by atoms with Gasteiger partial charge in [0.2, 0.25) is 10.0 Å². The van der Waals surface area contributed by atoms with Gasteiger partial charge >= 0.3 is 23.1 Å². The second-order valence-corrected chi connectivity index (χ2v) is 8.04. The Morgan fingerprint density at radius 3 is 1.96 bits per heavy atom. The maximum Gasteiger partial charge on any atom is 2.00 e. The van der Waals surface area contributed by atoms with Crippen LogP contribution in [0.1, 0.15) is 27.7 Å². The summed E-state index contributed by atoms with van der Waals surface area (Å²) in [5.41, 5.74) is 0.640. The number of hydrogen-bond acceptors (Lipinski definition) is 2. The van der Waals surface area contributed by atoms with E-state index in [4.69, 9.17) is 0 Å². The van der Waals surface area contributed by atoms with E-state index in [0.29, 0.717) is 17.6 Å². The van der Waals surface area contributed by atoms with E-state index in [2.05, 4.69) is 39.2 Å². The largest absolute Gasteiger partial charge is 2.00 e. The molecule has 4 nitrogen and oxygen atoms in total. The average molecular weight is 381 g/mol. The van der Waals surface area contributed by atoms with E-state index in [0.717, 1.165) is 5.39 Å². The van der Waals surface area contributed by atoms with E-state index in [1.807, 2.05) is 18.2 Å². The molecule has 0 unspecified atom stereocenters. The standard InChI is InChI=1S/C14H10NO2S.C6H14N.Mg/c16-18(17,13-7-2-1-3-8-13)15-11-10-12-6-4-5-9-14(12)15;1-5(2)7-6(3)4;/h1-10H;5-6H,1-4H3;/q2*-1;+2. The normalized spacial score (nSPS) is 11.2. The Morgan fingerprint density at radius 2 is 1.42 bits per heavy atom. The van der Waals surface area contributed by atoms with Gasteiger partial charge in [0.25, 0.3) is 0 Å². The quantitative estimate of drug-likeness (QED) is 0.495. The molecule has 0 atom stereocenters. The molecule has 0 amide bonds. The molecule has 1 heterocycles. The van der Waals surface area contributed by atoms with Crippen LogP contribution in [0, 0.1) is 6.20 Å². The number of nitrogens with zero attached hydrogens (tertiary/aromatic N) is 2. The van der Waals surface area contributed by atoms with Gasteiger partial charge in [-0.25, -0.2) is 8.42 Å². The van der Waals surface area contributed by atoms with Gasteiger partial charge in [0.1, 0.15) is 0 Å². The first-order chi connectivity index (χ1) is 11.8. The van der Waals surface area contributed by atoms with Crippen molar-refractivity contribution in [2.75, 3.05) is 0 Å². The first-order valence-electron chi connectivity index (χ1n) is 8.31. The maximum atomic E-state index is 12.4. The molecular formula is C20H24MgN2O2S. The van der Waals surface area contributed by atoms with E-state index < -0.39 is 10.0 Å². The molecule has 0 fully saturated rings. The molecule has 6 heteroatoms. The van der Waals surface area contributed by atoms with Crippen molar-refractivity contribution >= 4 is 44.0 Å². The van der Waals surface area contributed by atoms with Crippen LogP contribution in [0.2, 0.25) is 0 Å². The Balaban J connectivity index is 0.000000366. The van der Waals surface area contributed by atoms with Crippen molar-refractivity contribution < 1.29 is 8.42 Å². The van der Waals surface area contributed by atoms with Crippen LogP contribution in [0.25, 0.3) is 16.2 Å². The number of rotatable bonds is 4. The Morgan fingerprint density at radius 1 is 0.885 bits per heavy atom. The summed E-state index contributed by atoms with van der Waals surface area (Å²) in [7, 11) is -3.56. The second kappa shape index (κ2) is 10.1.